The number of amides is 1. The Hall–Kier alpha value is -1.35. The van der Waals surface area contributed by atoms with Crippen LogP contribution in [-0.4, -0.2) is 37.0 Å². The Bertz CT molecular complexity index is 430. The van der Waals surface area contributed by atoms with Crippen LogP contribution in [0.25, 0.3) is 0 Å². The number of rotatable bonds is 4. The summed E-state index contributed by atoms with van der Waals surface area (Å²) in [4.78, 5) is 16.8. The number of carbonyl (C=O) groups is 1. The molecule has 2 rings (SSSR count). The second-order valence-electron chi connectivity index (χ2n) is 5.84. The zero-order chi connectivity index (χ0) is 14.5. The van der Waals surface area contributed by atoms with Crippen LogP contribution in [0.3, 0.4) is 0 Å². The smallest absolute Gasteiger partial charge is 0.227 e. The van der Waals surface area contributed by atoms with E-state index >= 15 is 0 Å². The van der Waals surface area contributed by atoms with Gasteiger partial charge < -0.3 is 9.80 Å². The fourth-order valence-electron chi connectivity index (χ4n) is 3.27. The van der Waals surface area contributed by atoms with Gasteiger partial charge >= 0.3 is 0 Å². The van der Waals surface area contributed by atoms with Crippen LogP contribution < -0.4 is 4.90 Å². The standard InChI is InChI=1S/C17H26N2O/c1-4-17(20)19(14-10-6-5-7-11-14)16-13-9-8-12-15(16)18(2)3/h5-7,10-11,15-16H,4,8-9,12-13H2,1-3H3. The summed E-state index contributed by atoms with van der Waals surface area (Å²) in [6.45, 7) is 1.95. The monoisotopic (exact) mass is 274 g/mol. The third-order valence-electron chi connectivity index (χ3n) is 4.29. The Kier molecular flexibility index (Phi) is 5.18. The molecule has 110 valence electrons. The first-order valence-electron chi connectivity index (χ1n) is 7.68. The lowest BCUT2D eigenvalue weighted by molar-refractivity contribution is -0.119. The zero-order valence-corrected chi connectivity index (χ0v) is 12.9. The van der Waals surface area contributed by atoms with Gasteiger partial charge in [-0.3, -0.25) is 4.79 Å². The van der Waals surface area contributed by atoms with Gasteiger partial charge in [-0.2, -0.15) is 0 Å². The van der Waals surface area contributed by atoms with Crippen molar-refractivity contribution >= 4 is 11.6 Å². The predicted molar refractivity (Wildman–Crippen MR) is 84.0 cm³/mol. The molecule has 1 saturated carbocycles. The molecule has 1 aromatic carbocycles. The molecule has 0 radical (unpaired) electrons. The molecule has 0 bridgehead atoms. The van der Waals surface area contributed by atoms with Crippen LogP contribution >= 0.6 is 0 Å². The molecule has 0 aromatic heterocycles. The highest BCUT2D eigenvalue weighted by molar-refractivity contribution is 5.93. The molecule has 0 spiro atoms. The maximum atomic E-state index is 12.5. The molecular weight excluding hydrogens is 248 g/mol. The van der Waals surface area contributed by atoms with Crippen molar-refractivity contribution in [2.45, 2.75) is 51.1 Å². The minimum absolute atomic E-state index is 0.231. The Labute approximate surface area is 122 Å². The molecule has 0 saturated heterocycles. The first-order chi connectivity index (χ1) is 9.65. The summed E-state index contributed by atoms with van der Waals surface area (Å²) in [5.41, 5.74) is 1.04. The highest BCUT2D eigenvalue weighted by Gasteiger charge is 2.34. The van der Waals surface area contributed by atoms with Gasteiger partial charge in [0.25, 0.3) is 0 Å². The first kappa shape index (κ1) is 15.0. The quantitative estimate of drug-likeness (QED) is 0.841. The lowest BCUT2D eigenvalue weighted by atomic mass is 9.88. The Morgan fingerprint density at radius 2 is 1.70 bits per heavy atom. The molecule has 0 heterocycles. The van der Waals surface area contributed by atoms with Crippen molar-refractivity contribution < 1.29 is 4.79 Å². The van der Waals surface area contributed by atoms with Crippen LogP contribution in [0.5, 0.6) is 0 Å². The molecular formula is C17H26N2O. The molecule has 20 heavy (non-hydrogen) atoms. The van der Waals surface area contributed by atoms with Crippen LogP contribution in [-0.2, 0) is 4.79 Å². The highest BCUT2D eigenvalue weighted by Crippen LogP contribution is 2.30. The summed E-state index contributed by atoms with van der Waals surface area (Å²) in [5.74, 6) is 0.231. The SMILES string of the molecule is CCC(=O)N(c1ccccc1)C1CCCCC1N(C)C. The Balaban J connectivity index is 2.32. The van der Waals surface area contributed by atoms with Gasteiger partial charge in [0.2, 0.25) is 5.91 Å². The lowest BCUT2D eigenvalue weighted by Gasteiger charge is -2.42. The molecule has 2 atom stereocenters. The number of anilines is 1. The van der Waals surface area contributed by atoms with Gasteiger partial charge in [-0.25, -0.2) is 0 Å². The number of benzene rings is 1. The van der Waals surface area contributed by atoms with E-state index in [1.54, 1.807) is 0 Å². The molecule has 1 aromatic rings. The zero-order valence-electron chi connectivity index (χ0n) is 12.9. The van der Waals surface area contributed by atoms with E-state index in [1.165, 1.54) is 19.3 Å². The van der Waals surface area contributed by atoms with E-state index < -0.39 is 0 Å². The number of likely N-dealkylation sites (N-methyl/N-ethyl adjacent to an activating group) is 1. The number of nitrogens with zero attached hydrogens (tertiary/aromatic N) is 2. The number of para-hydroxylation sites is 1. The van der Waals surface area contributed by atoms with Gasteiger partial charge in [0, 0.05) is 18.2 Å². The van der Waals surface area contributed by atoms with Crippen LogP contribution in [0.4, 0.5) is 5.69 Å². The van der Waals surface area contributed by atoms with Crippen molar-refractivity contribution in [3.8, 4) is 0 Å². The van der Waals surface area contributed by atoms with E-state index in [-0.39, 0.29) is 5.91 Å². The van der Waals surface area contributed by atoms with Gasteiger partial charge in [0.05, 0.1) is 6.04 Å². The van der Waals surface area contributed by atoms with Crippen molar-refractivity contribution in [2.24, 2.45) is 0 Å². The second-order valence-corrected chi connectivity index (χ2v) is 5.84. The fourth-order valence-corrected chi connectivity index (χ4v) is 3.27. The summed E-state index contributed by atoms with van der Waals surface area (Å²) < 4.78 is 0. The molecule has 1 fully saturated rings. The Morgan fingerprint density at radius 3 is 2.25 bits per heavy atom. The van der Waals surface area contributed by atoms with Gasteiger partial charge in [0.15, 0.2) is 0 Å². The first-order valence-corrected chi connectivity index (χ1v) is 7.68. The lowest BCUT2D eigenvalue weighted by Crippen LogP contribution is -2.53. The minimum atomic E-state index is 0.231. The molecule has 0 N–H and O–H groups in total. The summed E-state index contributed by atoms with van der Waals surface area (Å²) >= 11 is 0. The summed E-state index contributed by atoms with van der Waals surface area (Å²) in [5, 5.41) is 0. The van der Waals surface area contributed by atoms with Crippen LogP contribution in [0.2, 0.25) is 0 Å². The fraction of sp³-hybridized carbons (Fsp3) is 0.588. The molecule has 1 aliphatic carbocycles. The van der Waals surface area contributed by atoms with Gasteiger partial charge in [-0.1, -0.05) is 38.0 Å². The third-order valence-corrected chi connectivity index (χ3v) is 4.29. The average molecular weight is 274 g/mol. The van der Waals surface area contributed by atoms with Crippen molar-refractivity contribution in [1.82, 2.24) is 4.90 Å². The highest BCUT2D eigenvalue weighted by atomic mass is 16.2. The van der Waals surface area contributed by atoms with Crippen molar-refractivity contribution in [3.63, 3.8) is 0 Å². The van der Waals surface area contributed by atoms with Gasteiger partial charge in [0.1, 0.15) is 0 Å². The number of hydrogen-bond acceptors (Lipinski definition) is 2. The predicted octanol–water partition coefficient (Wildman–Crippen LogP) is 3.30. The molecule has 0 aliphatic heterocycles. The topological polar surface area (TPSA) is 23.6 Å². The van der Waals surface area contributed by atoms with Gasteiger partial charge in [-0.15, -0.1) is 0 Å². The van der Waals surface area contributed by atoms with E-state index in [0.29, 0.717) is 18.5 Å². The number of hydrogen-bond donors (Lipinski definition) is 0. The molecule has 2 unspecified atom stereocenters. The summed E-state index contributed by atoms with van der Waals surface area (Å²) in [7, 11) is 4.26. The summed E-state index contributed by atoms with van der Waals surface area (Å²) in [6.07, 6.45) is 5.32. The number of carbonyl (C=O) groups excluding carboxylic acids is 1. The van der Waals surface area contributed by atoms with E-state index in [0.717, 1.165) is 12.1 Å². The van der Waals surface area contributed by atoms with Crippen LogP contribution in [0.1, 0.15) is 39.0 Å². The van der Waals surface area contributed by atoms with E-state index in [1.807, 2.05) is 30.0 Å². The molecule has 1 aliphatic rings. The normalized spacial score (nSPS) is 22.8. The third kappa shape index (κ3) is 3.21. The average Bonchev–Trinajstić information content (AvgIpc) is 2.48. The van der Waals surface area contributed by atoms with Crippen LogP contribution in [0, 0.1) is 0 Å². The summed E-state index contributed by atoms with van der Waals surface area (Å²) in [6, 6.07) is 10.9. The maximum Gasteiger partial charge on any atom is 0.227 e. The van der Waals surface area contributed by atoms with Gasteiger partial charge in [-0.05, 0) is 39.1 Å². The second kappa shape index (κ2) is 6.89. The minimum Gasteiger partial charge on any atom is -0.308 e. The molecule has 3 nitrogen and oxygen atoms in total. The van der Waals surface area contributed by atoms with Crippen molar-refractivity contribution in [1.29, 1.82) is 0 Å². The van der Waals surface area contributed by atoms with Crippen LogP contribution in [0.15, 0.2) is 30.3 Å². The Morgan fingerprint density at radius 1 is 1.10 bits per heavy atom. The van der Waals surface area contributed by atoms with E-state index in [9.17, 15) is 4.79 Å². The van der Waals surface area contributed by atoms with E-state index in [4.69, 9.17) is 0 Å². The molecule has 3 heteroatoms. The van der Waals surface area contributed by atoms with E-state index in [2.05, 4.69) is 31.1 Å². The van der Waals surface area contributed by atoms with Crippen molar-refractivity contribution in [3.05, 3.63) is 30.3 Å². The van der Waals surface area contributed by atoms with Crippen molar-refractivity contribution in [2.75, 3.05) is 19.0 Å². The largest absolute Gasteiger partial charge is 0.308 e. The molecule has 1 amide bonds. The maximum absolute atomic E-state index is 12.5.